The number of amides is 2. The van der Waals surface area contributed by atoms with Crippen LogP contribution < -0.4 is 20.9 Å². The number of rotatable bonds is 12. The molecule has 3 atom stereocenters. The molecular formula is C32H39F2N5O4. The maximum atomic E-state index is 14.0. The minimum atomic E-state index is -1.03. The van der Waals surface area contributed by atoms with Crippen LogP contribution in [0.2, 0.25) is 0 Å². The second-order valence-corrected chi connectivity index (χ2v) is 11.4. The van der Waals surface area contributed by atoms with Crippen molar-refractivity contribution < 1.29 is 27.9 Å². The summed E-state index contributed by atoms with van der Waals surface area (Å²) in [5.41, 5.74) is 3.00. The van der Waals surface area contributed by atoms with Gasteiger partial charge >= 0.3 is 0 Å². The van der Waals surface area contributed by atoms with Crippen LogP contribution in [-0.4, -0.2) is 59.7 Å². The second-order valence-electron chi connectivity index (χ2n) is 11.4. The van der Waals surface area contributed by atoms with E-state index in [-0.39, 0.29) is 24.8 Å². The third-order valence-corrected chi connectivity index (χ3v) is 8.14. The standard InChI is InChI=1S/C32H39F2N5O4/c1-2-3-11-39-12-9-35-30-25(32-36-10-13-43-32)17-21(18-27(30)39)31(42)38-26(16-20-14-22(33)19-23(34)15-20)28(40)8-7-24-5-4-6-29(41)37-24/h10,13-15,17-19,24,26,28,35,40H,2-9,11-12,16H2,1H3,(H,37,41)(H,38,42). The van der Waals surface area contributed by atoms with Crippen molar-refractivity contribution in [3.63, 3.8) is 0 Å². The molecule has 5 rings (SSSR count). The van der Waals surface area contributed by atoms with Crippen molar-refractivity contribution in [2.45, 2.75) is 76.5 Å². The molecule has 11 heteroatoms. The SMILES string of the molecule is CCCCN1CCNc2c(-c3ncco3)cc(C(=O)NC(Cc3cc(F)cc(F)c3)C(O)CCC3CCCC(=O)N3)cc21. The number of carbonyl (C=O) groups excluding carboxylic acids is 2. The van der Waals surface area contributed by atoms with Crippen LogP contribution in [0.1, 0.15) is 67.8 Å². The summed E-state index contributed by atoms with van der Waals surface area (Å²) in [5.74, 6) is -1.54. The van der Waals surface area contributed by atoms with E-state index in [1.165, 1.54) is 18.4 Å². The Balaban J connectivity index is 1.42. The number of anilines is 2. The first-order valence-corrected chi connectivity index (χ1v) is 15.1. The lowest BCUT2D eigenvalue weighted by molar-refractivity contribution is -0.123. The highest BCUT2D eigenvalue weighted by Crippen LogP contribution is 2.39. The first kappa shape index (κ1) is 30.5. The number of nitrogens with zero attached hydrogens (tertiary/aromatic N) is 2. The number of aromatic nitrogens is 1. The summed E-state index contributed by atoms with van der Waals surface area (Å²) in [7, 11) is 0. The largest absolute Gasteiger partial charge is 0.444 e. The average molecular weight is 596 g/mol. The maximum Gasteiger partial charge on any atom is 0.251 e. The molecule has 2 amide bonds. The molecule has 1 saturated heterocycles. The number of carbonyl (C=O) groups is 2. The summed E-state index contributed by atoms with van der Waals surface area (Å²) in [6.45, 7) is 4.46. The van der Waals surface area contributed by atoms with Crippen LogP contribution in [0.5, 0.6) is 0 Å². The van der Waals surface area contributed by atoms with E-state index in [1.807, 2.05) is 6.07 Å². The topological polar surface area (TPSA) is 120 Å². The van der Waals surface area contributed by atoms with Gasteiger partial charge in [0.25, 0.3) is 5.91 Å². The van der Waals surface area contributed by atoms with E-state index in [1.54, 1.807) is 12.3 Å². The highest BCUT2D eigenvalue weighted by atomic mass is 19.1. The molecule has 3 aromatic rings. The van der Waals surface area contributed by atoms with Crippen molar-refractivity contribution >= 4 is 23.2 Å². The van der Waals surface area contributed by atoms with Gasteiger partial charge in [-0.1, -0.05) is 13.3 Å². The van der Waals surface area contributed by atoms with Crippen molar-refractivity contribution in [3.8, 4) is 11.5 Å². The summed E-state index contributed by atoms with van der Waals surface area (Å²) in [5, 5.41) is 20.6. The normalized spacial score (nSPS) is 17.9. The summed E-state index contributed by atoms with van der Waals surface area (Å²) in [4.78, 5) is 32.2. The Bertz CT molecular complexity index is 1400. The number of aliphatic hydroxyl groups is 1. The van der Waals surface area contributed by atoms with Crippen LogP contribution in [-0.2, 0) is 11.2 Å². The number of oxazole rings is 1. The first-order chi connectivity index (χ1) is 20.8. The van der Waals surface area contributed by atoms with Crippen molar-refractivity contribution in [3.05, 3.63) is 65.6 Å². The van der Waals surface area contributed by atoms with Crippen LogP contribution in [0, 0.1) is 11.6 Å². The molecule has 230 valence electrons. The summed E-state index contributed by atoms with van der Waals surface area (Å²) in [6, 6.07) is 5.81. The fourth-order valence-corrected chi connectivity index (χ4v) is 5.92. The Labute approximate surface area is 250 Å². The molecule has 2 aromatic carbocycles. The Morgan fingerprint density at radius 1 is 1.23 bits per heavy atom. The van der Waals surface area contributed by atoms with Crippen molar-refractivity contribution in [2.24, 2.45) is 0 Å². The minimum Gasteiger partial charge on any atom is -0.444 e. The zero-order chi connectivity index (χ0) is 30.3. The molecule has 1 fully saturated rings. The molecule has 3 heterocycles. The van der Waals surface area contributed by atoms with Crippen LogP contribution in [0.15, 0.2) is 47.2 Å². The number of hydrogen-bond acceptors (Lipinski definition) is 7. The lowest BCUT2D eigenvalue weighted by atomic mass is 9.93. The number of nitrogens with one attached hydrogen (secondary N) is 3. The smallest absolute Gasteiger partial charge is 0.251 e. The predicted molar refractivity (Wildman–Crippen MR) is 160 cm³/mol. The molecule has 0 bridgehead atoms. The fourth-order valence-electron chi connectivity index (χ4n) is 5.92. The number of hydrogen-bond donors (Lipinski definition) is 4. The molecule has 3 unspecified atom stereocenters. The number of unbranched alkanes of at least 4 members (excludes halogenated alkanes) is 1. The summed E-state index contributed by atoms with van der Waals surface area (Å²) in [6.07, 6.45) is 6.91. The van der Waals surface area contributed by atoms with Crippen LogP contribution >= 0.6 is 0 Å². The average Bonchev–Trinajstić information content (AvgIpc) is 3.52. The van der Waals surface area contributed by atoms with E-state index in [9.17, 15) is 23.5 Å². The number of piperidine rings is 1. The van der Waals surface area contributed by atoms with E-state index in [2.05, 4.69) is 32.8 Å². The van der Waals surface area contributed by atoms with Crippen molar-refractivity contribution in [1.82, 2.24) is 15.6 Å². The summed E-state index contributed by atoms with van der Waals surface area (Å²) < 4.78 is 33.7. The predicted octanol–water partition coefficient (Wildman–Crippen LogP) is 4.80. The van der Waals surface area contributed by atoms with E-state index >= 15 is 0 Å². The van der Waals surface area contributed by atoms with Gasteiger partial charge in [0.2, 0.25) is 11.8 Å². The van der Waals surface area contributed by atoms with Gasteiger partial charge in [-0.05, 0) is 68.4 Å². The zero-order valence-corrected chi connectivity index (χ0v) is 24.4. The quantitative estimate of drug-likeness (QED) is 0.237. The molecule has 9 nitrogen and oxygen atoms in total. The van der Waals surface area contributed by atoms with Gasteiger partial charge in [0.15, 0.2) is 0 Å². The first-order valence-electron chi connectivity index (χ1n) is 15.1. The molecular weight excluding hydrogens is 556 g/mol. The molecule has 1 aromatic heterocycles. The maximum absolute atomic E-state index is 14.0. The van der Waals surface area contributed by atoms with Gasteiger partial charge < -0.3 is 30.4 Å². The van der Waals surface area contributed by atoms with Crippen LogP contribution in [0.3, 0.4) is 0 Å². The van der Waals surface area contributed by atoms with E-state index in [0.29, 0.717) is 35.4 Å². The monoisotopic (exact) mass is 595 g/mol. The van der Waals surface area contributed by atoms with Gasteiger partial charge in [-0.3, -0.25) is 9.59 Å². The molecule has 0 saturated carbocycles. The molecule has 4 N–H and O–H groups in total. The summed E-state index contributed by atoms with van der Waals surface area (Å²) >= 11 is 0. The highest BCUT2D eigenvalue weighted by Gasteiger charge is 2.28. The second kappa shape index (κ2) is 14.0. The third kappa shape index (κ3) is 7.70. The van der Waals surface area contributed by atoms with E-state index < -0.39 is 29.7 Å². The van der Waals surface area contributed by atoms with Crippen LogP contribution in [0.25, 0.3) is 11.5 Å². The van der Waals surface area contributed by atoms with Gasteiger partial charge in [0, 0.05) is 43.7 Å². The number of benzene rings is 2. The Morgan fingerprint density at radius 2 is 2.05 bits per heavy atom. The van der Waals surface area contributed by atoms with E-state index in [0.717, 1.165) is 62.8 Å². The van der Waals surface area contributed by atoms with Gasteiger partial charge in [-0.25, -0.2) is 13.8 Å². The third-order valence-electron chi connectivity index (χ3n) is 8.14. The lowest BCUT2D eigenvalue weighted by Gasteiger charge is -2.33. The molecule has 2 aliphatic rings. The van der Waals surface area contributed by atoms with Crippen molar-refractivity contribution in [1.29, 1.82) is 0 Å². The lowest BCUT2D eigenvalue weighted by Crippen LogP contribution is -2.46. The molecule has 43 heavy (non-hydrogen) atoms. The Hall–Kier alpha value is -3.99. The van der Waals surface area contributed by atoms with Crippen LogP contribution in [0.4, 0.5) is 20.2 Å². The fraction of sp³-hybridized carbons (Fsp3) is 0.469. The number of fused-ring (bicyclic) bond motifs is 1. The molecule has 0 radical (unpaired) electrons. The molecule has 0 spiro atoms. The zero-order valence-electron chi connectivity index (χ0n) is 24.4. The van der Waals surface area contributed by atoms with Gasteiger partial charge in [-0.2, -0.15) is 0 Å². The van der Waals surface area contributed by atoms with E-state index in [4.69, 9.17) is 4.42 Å². The minimum absolute atomic E-state index is 0.0115. The molecule has 0 aliphatic carbocycles. The van der Waals surface area contributed by atoms with Gasteiger partial charge in [0.1, 0.15) is 17.9 Å². The number of halogens is 2. The Kier molecular flexibility index (Phi) is 9.91. The van der Waals surface area contributed by atoms with Crippen molar-refractivity contribution in [2.75, 3.05) is 29.9 Å². The Morgan fingerprint density at radius 3 is 2.77 bits per heavy atom. The highest BCUT2D eigenvalue weighted by molar-refractivity contribution is 6.00. The van der Waals surface area contributed by atoms with Gasteiger partial charge in [-0.15, -0.1) is 0 Å². The molecule has 2 aliphatic heterocycles. The van der Waals surface area contributed by atoms with Gasteiger partial charge in [0.05, 0.1) is 35.3 Å². The number of aliphatic hydroxyl groups excluding tert-OH is 1.